The Morgan fingerprint density at radius 2 is 1.30 bits per heavy atom. The molecule has 0 unspecified atom stereocenters. The van der Waals surface area contributed by atoms with Crippen molar-refractivity contribution >= 4 is 23.1 Å². The fourth-order valence-corrected chi connectivity index (χ4v) is 4.34. The van der Waals surface area contributed by atoms with Crippen molar-refractivity contribution in [1.82, 2.24) is 4.98 Å². The number of methoxy groups -OCH3 is 1. The molecule has 4 aromatic carbocycles. The highest BCUT2D eigenvalue weighted by atomic mass is 16.5. The van der Waals surface area contributed by atoms with Gasteiger partial charge in [0.15, 0.2) is 5.60 Å². The number of aromatic nitrogens is 1. The van der Waals surface area contributed by atoms with Crippen LogP contribution in [0.5, 0.6) is 5.75 Å². The maximum atomic E-state index is 12.4. The second-order valence-corrected chi connectivity index (χ2v) is 8.01. The number of ether oxygens (including phenoxy) is 1. The third-order valence-electron chi connectivity index (χ3n) is 6.03. The third kappa shape index (κ3) is 3.84. The van der Waals surface area contributed by atoms with Gasteiger partial charge in [0.25, 0.3) is 0 Å². The van der Waals surface area contributed by atoms with Crippen LogP contribution in [-0.2, 0) is 5.60 Å². The number of benzene rings is 4. The van der Waals surface area contributed by atoms with Gasteiger partial charge in [-0.15, -0.1) is 0 Å². The van der Waals surface area contributed by atoms with E-state index in [0.717, 1.165) is 44.6 Å². The Morgan fingerprint density at radius 1 is 0.727 bits per heavy atom. The van der Waals surface area contributed by atoms with Gasteiger partial charge in [0.2, 0.25) is 0 Å². The van der Waals surface area contributed by atoms with Crippen molar-refractivity contribution in [3.63, 3.8) is 0 Å². The molecule has 0 aliphatic heterocycles. The third-order valence-corrected chi connectivity index (χ3v) is 6.03. The molecular formula is C30H25NO2. The van der Waals surface area contributed by atoms with Gasteiger partial charge >= 0.3 is 0 Å². The van der Waals surface area contributed by atoms with Crippen molar-refractivity contribution in [2.75, 3.05) is 7.11 Å². The predicted molar refractivity (Wildman–Crippen MR) is 135 cm³/mol. The first-order valence-electron chi connectivity index (χ1n) is 11.0. The van der Waals surface area contributed by atoms with Crippen LogP contribution >= 0.6 is 0 Å². The largest absolute Gasteiger partial charge is 0.497 e. The van der Waals surface area contributed by atoms with E-state index in [9.17, 15) is 5.11 Å². The van der Waals surface area contributed by atoms with Crippen molar-refractivity contribution in [2.45, 2.75) is 5.60 Å². The zero-order chi connectivity index (χ0) is 22.7. The van der Waals surface area contributed by atoms with Gasteiger partial charge in [-0.25, -0.2) is 0 Å². The summed E-state index contributed by atoms with van der Waals surface area (Å²) in [7, 11) is 1.67. The number of fused-ring (bicyclic) bond motifs is 1. The van der Waals surface area contributed by atoms with Crippen LogP contribution in [0.4, 0.5) is 0 Å². The first kappa shape index (κ1) is 20.8. The number of rotatable bonds is 6. The lowest BCUT2D eigenvalue weighted by atomic mass is 9.81. The lowest BCUT2D eigenvalue weighted by molar-refractivity contribution is 0.121. The van der Waals surface area contributed by atoms with Crippen LogP contribution in [0, 0.1) is 0 Å². The summed E-state index contributed by atoms with van der Waals surface area (Å²) in [4.78, 5) is 3.53. The number of hydrogen-bond acceptors (Lipinski definition) is 2. The van der Waals surface area contributed by atoms with E-state index in [1.54, 1.807) is 7.11 Å². The molecule has 1 heterocycles. The highest BCUT2D eigenvalue weighted by Crippen LogP contribution is 2.41. The van der Waals surface area contributed by atoms with Crippen LogP contribution in [0.1, 0.15) is 27.9 Å². The lowest BCUT2D eigenvalue weighted by Gasteiger charge is -2.29. The Bertz CT molecular complexity index is 1350. The van der Waals surface area contributed by atoms with Gasteiger partial charge in [-0.2, -0.15) is 0 Å². The quantitative estimate of drug-likeness (QED) is 0.317. The number of H-pyrrole nitrogens is 1. The van der Waals surface area contributed by atoms with Gasteiger partial charge in [-0.3, -0.25) is 0 Å². The van der Waals surface area contributed by atoms with E-state index in [4.69, 9.17) is 4.74 Å². The highest BCUT2D eigenvalue weighted by molar-refractivity contribution is 5.95. The highest BCUT2D eigenvalue weighted by Gasteiger charge is 2.37. The van der Waals surface area contributed by atoms with Crippen molar-refractivity contribution in [3.05, 3.63) is 137 Å². The smallest absolute Gasteiger partial charge is 0.155 e. The summed E-state index contributed by atoms with van der Waals surface area (Å²) >= 11 is 0. The van der Waals surface area contributed by atoms with E-state index < -0.39 is 5.60 Å². The number of aliphatic hydroxyl groups is 1. The molecule has 0 spiro atoms. The Hall–Kier alpha value is -4.08. The molecule has 0 atom stereocenters. The molecule has 3 heteroatoms. The average Bonchev–Trinajstić information content (AvgIpc) is 3.26. The molecule has 0 aliphatic rings. The first-order valence-corrected chi connectivity index (χ1v) is 11.0. The standard InChI is InChI=1S/C30H25NO2/c1-33-25-18-20-28-27(21-25)26(19-17-22-11-5-2-6-12-22)29(31-28)30(32,23-13-7-3-8-14-23)24-15-9-4-10-16-24/h2-21,31-32H,1H3. The minimum atomic E-state index is -1.37. The molecule has 5 rings (SSSR count). The summed E-state index contributed by atoms with van der Waals surface area (Å²) in [6.45, 7) is 0. The topological polar surface area (TPSA) is 45.2 Å². The minimum absolute atomic E-state index is 0.718. The van der Waals surface area contributed by atoms with Crippen LogP contribution in [0.25, 0.3) is 23.1 Å². The van der Waals surface area contributed by atoms with E-state index in [-0.39, 0.29) is 0 Å². The van der Waals surface area contributed by atoms with Gasteiger partial charge in [0.1, 0.15) is 5.75 Å². The van der Waals surface area contributed by atoms with Gasteiger partial charge in [0, 0.05) is 16.5 Å². The molecule has 5 aromatic rings. The minimum Gasteiger partial charge on any atom is -0.497 e. The summed E-state index contributed by atoms with van der Waals surface area (Å²) in [5.41, 5.74) is 3.88. The fraction of sp³-hybridized carbons (Fsp3) is 0.0667. The summed E-state index contributed by atoms with van der Waals surface area (Å²) < 4.78 is 5.50. The molecule has 0 saturated carbocycles. The summed E-state index contributed by atoms with van der Waals surface area (Å²) in [6.07, 6.45) is 4.14. The van der Waals surface area contributed by atoms with Crippen molar-refractivity contribution < 1.29 is 9.84 Å². The maximum Gasteiger partial charge on any atom is 0.155 e. The average molecular weight is 432 g/mol. The molecule has 0 bridgehead atoms. The Kier molecular flexibility index (Phi) is 5.55. The summed E-state index contributed by atoms with van der Waals surface area (Å²) in [5.74, 6) is 0.769. The number of hydrogen-bond donors (Lipinski definition) is 2. The van der Waals surface area contributed by atoms with Crippen LogP contribution in [-0.4, -0.2) is 17.2 Å². The van der Waals surface area contributed by atoms with Gasteiger partial charge in [0.05, 0.1) is 12.8 Å². The molecule has 3 nitrogen and oxygen atoms in total. The lowest BCUT2D eigenvalue weighted by Crippen LogP contribution is -2.30. The SMILES string of the molecule is COc1ccc2[nH]c(C(O)(c3ccccc3)c3ccccc3)c(C=Cc3ccccc3)c2c1. The summed E-state index contributed by atoms with van der Waals surface area (Å²) in [5, 5.41) is 13.4. The van der Waals surface area contributed by atoms with Crippen molar-refractivity contribution in [1.29, 1.82) is 0 Å². The van der Waals surface area contributed by atoms with Crippen molar-refractivity contribution in [3.8, 4) is 5.75 Å². The zero-order valence-corrected chi connectivity index (χ0v) is 18.4. The van der Waals surface area contributed by atoms with Gasteiger partial charge in [-0.05, 0) is 34.9 Å². The van der Waals surface area contributed by atoms with Crippen molar-refractivity contribution in [2.24, 2.45) is 0 Å². The van der Waals surface area contributed by atoms with Crippen LogP contribution in [0.15, 0.2) is 109 Å². The molecule has 0 saturated heterocycles. The Balaban J connectivity index is 1.80. The maximum absolute atomic E-state index is 12.4. The first-order chi connectivity index (χ1) is 16.2. The predicted octanol–water partition coefficient (Wildman–Crippen LogP) is 6.63. The molecule has 2 N–H and O–H groups in total. The Labute approximate surface area is 193 Å². The van der Waals surface area contributed by atoms with Crippen LogP contribution in [0.3, 0.4) is 0 Å². The molecule has 0 amide bonds. The molecule has 0 aliphatic carbocycles. The second kappa shape index (κ2) is 8.81. The monoisotopic (exact) mass is 431 g/mol. The van der Waals surface area contributed by atoms with Gasteiger partial charge < -0.3 is 14.8 Å². The molecule has 1 aromatic heterocycles. The normalized spacial score (nSPS) is 11.8. The zero-order valence-electron chi connectivity index (χ0n) is 18.4. The molecule has 33 heavy (non-hydrogen) atoms. The fourth-order valence-electron chi connectivity index (χ4n) is 4.34. The van der Waals surface area contributed by atoms with Gasteiger partial charge in [-0.1, -0.05) is 103 Å². The van der Waals surface area contributed by atoms with E-state index in [1.807, 2.05) is 97.1 Å². The summed E-state index contributed by atoms with van der Waals surface area (Å²) in [6, 6.07) is 35.7. The second-order valence-electron chi connectivity index (χ2n) is 8.01. The number of nitrogens with one attached hydrogen (secondary N) is 1. The van der Waals surface area contributed by atoms with Crippen LogP contribution < -0.4 is 4.74 Å². The molecule has 0 fully saturated rings. The Morgan fingerprint density at radius 3 is 1.88 bits per heavy atom. The van der Waals surface area contributed by atoms with E-state index in [2.05, 4.69) is 29.3 Å². The van der Waals surface area contributed by atoms with Crippen LogP contribution in [0.2, 0.25) is 0 Å². The molecular weight excluding hydrogens is 406 g/mol. The molecule has 0 radical (unpaired) electrons. The molecule has 162 valence electrons. The van der Waals surface area contributed by atoms with E-state index in [1.165, 1.54) is 0 Å². The van der Waals surface area contributed by atoms with E-state index in [0.29, 0.717) is 0 Å². The number of aromatic amines is 1. The van der Waals surface area contributed by atoms with E-state index >= 15 is 0 Å².